The molecule has 1 aliphatic heterocycles. The van der Waals surface area contributed by atoms with Crippen LogP contribution in [0.4, 0.5) is 5.69 Å². The van der Waals surface area contributed by atoms with E-state index in [0.29, 0.717) is 9.94 Å². The maximum Gasteiger partial charge on any atom is 0.339 e. The number of rotatable bonds is 4. The number of hydrogen-bond donors (Lipinski definition) is 2. The number of carboxylic acids is 1. The van der Waals surface area contributed by atoms with Gasteiger partial charge in [-0.25, -0.2) is 4.79 Å². The van der Waals surface area contributed by atoms with Crippen molar-refractivity contribution in [3.63, 3.8) is 0 Å². The largest absolute Gasteiger partial charge is 0.507 e. The van der Waals surface area contributed by atoms with E-state index in [-0.39, 0.29) is 15.6 Å². The fraction of sp³-hybridized carbons (Fsp3) is 0. The number of carboxylic acid groups (broad SMARTS) is 1. The Labute approximate surface area is 169 Å². The smallest absolute Gasteiger partial charge is 0.339 e. The molecule has 27 heavy (non-hydrogen) atoms. The predicted molar refractivity (Wildman–Crippen MR) is 111 cm³/mol. The van der Waals surface area contributed by atoms with Crippen molar-refractivity contribution in [3.05, 3.63) is 75.7 Å². The lowest BCUT2D eigenvalue weighted by Gasteiger charge is -2.15. The zero-order valence-electron chi connectivity index (χ0n) is 13.6. The van der Waals surface area contributed by atoms with Gasteiger partial charge in [-0.1, -0.05) is 65.9 Å². The predicted octanol–water partition coefficient (Wildman–Crippen LogP) is 4.62. The Morgan fingerprint density at radius 2 is 1.89 bits per heavy atom. The third-order valence-electron chi connectivity index (χ3n) is 3.64. The van der Waals surface area contributed by atoms with Gasteiger partial charge in [-0.3, -0.25) is 9.69 Å². The molecule has 0 aliphatic carbocycles. The van der Waals surface area contributed by atoms with Crippen LogP contribution in [0.15, 0.2) is 64.5 Å². The van der Waals surface area contributed by atoms with Crippen LogP contribution in [-0.4, -0.2) is 26.4 Å². The van der Waals surface area contributed by atoms with E-state index in [9.17, 15) is 14.7 Å². The summed E-state index contributed by atoms with van der Waals surface area (Å²) in [6.07, 6.45) is 3.25. The van der Waals surface area contributed by atoms with Crippen LogP contribution in [0.5, 0.6) is 5.75 Å². The van der Waals surface area contributed by atoms with Crippen molar-refractivity contribution in [1.82, 2.24) is 0 Å². The zero-order chi connectivity index (χ0) is 19.6. The normalized spacial score (nSPS) is 16.3. The fourth-order valence-electron chi connectivity index (χ4n) is 2.41. The first-order chi connectivity index (χ1) is 12.9. The van der Waals surface area contributed by atoms with Gasteiger partial charge in [-0.15, -0.1) is 0 Å². The third-order valence-corrected chi connectivity index (χ3v) is 5.16. The van der Waals surface area contributed by atoms with E-state index < -0.39 is 17.6 Å². The Hall–Kier alpha value is -2.61. The minimum Gasteiger partial charge on any atom is -0.507 e. The average Bonchev–Trinajstić information content (AvgIpc) is 2.88. The van der Waals surface area contributed by atoms with Crippen LogP contribution in [0.25, 0.3) is 6.08 Å². The summed E-state index contributed by atoms with van der Waals surface area (Å²) in [6, 6.07) is 13.2. The van der Waals surface area contributed by atoms with Gasteiger partial charge in [0.2, 0.25) is 0 Å². The summed E-state index contributed by atoms with van der Waals surface area (Å²) >= 11 is 12.6. The van der Waals surface area contributed by atoms with Gasteiger partial charge in [0.05, 0.1) is 10.6 Å². The Morgan fingerprint density at radius 1 is 1.19 bits per heavy atom. The molecule has 1 aliphatic rings. The summed E-state index contributed by atoms with van der Waals surface area (Å²) in [7, 11) is 0. The highest BCUT2D eigenvalue weighted by Crippen LogP contribution is 2.37. The van der Waals surface area contributed by atoms with Gasteiger partial charge in [0.1, 0.15) is 11.3 Å². The molecule has 1 amide bonds. The second-order valence-electron chi connectivity index (χ2n) is 5.46. The minimum absolute atomic E-state index is 0.256. The number of aromatic hydroxyl groups is 1. The van der Waals surface area contributed by atoms with Crippen molar-refractivity contribution in [2.45, 2.75) is 0 Å². The van der Waals surface area contributed by atoms with Crippen molar-refractivity contribution in [1.29, 1.82) is 0 Å². The lowest BCUT2D eigenvalue weighted by Crippen LogP contribution is -2.27. The molecule has 136 valence electrons. The number of benzene rings is 2. The van der Waals surface area contributed by atoms with E-state index in [1.807, 2.05) is 30.3 Å². The molecule has 1 fully saturated rings. The molecule has 1 heterocycles. The molecule has 2 aromatic rings. The number of amides is 1. The Kier molecular flexibility index (Phi) is 5.65. The maximum atomic E-state index is 12.7. The molecule has 2 aromatic carbocycles. The maximum absolute atomic E-state index is 12.7. The number of thioether (sulfide) groups is 1. The zero-order valence-corrected chi connectivity index (χ0v) is 16.0. The molecule has 2 N–H and O–H groups in total. The van der Waals surface area contributed by atoms with Gasteiger partial charge in [0.25, 0.3) is 5.91 Å². The van der Waals surface area contributed by atoms with E-state index in [1.165, 1.54) is 29.2 Å². The van der Waals surface area contributed by atoms with Gasteiger partial charge < -0.3 is 10.2 Å². The lowest BCUT2D eigenvalue weighted by molar-refractivity contribution is -0.113. The molecule has 0 bridgehead atoms. The Bertz CT molecular complexity index is 1000. The second kappa shape index (κ2) is 7.96. The van der Waals surface area contributed by atoms with Crippen molar-refractivity contribution in [2.24, 2.45) is 0 Å². The lowest BCUT2D eigenvalue weighted by atomic mass is 10.1. The van der Waals surface area contributed by atoms with Gasteiger partial charge >= 0.3 is 5.97 Å². The van der Waals surface area contributed by atoms with E-state index in [4.69, 9.17) is 28.9 Å². The highest BCUT2D eigenvalue weighted by atomic mass is 35.5. The van der Waals surface area contributed by atoms with Gasteiger partial charge in [0.15, 0.2) is 4.32 Å². The van der Waals surface area contributed by atoms with Crippen molar-refractivity contribution in [3.8, 4) is 5.75 Å². The van der Waals surface area contributed by atoms with Crippen LogP contribution >= 0.6 is 35.6 Å². The molecule has 5 nitrogen and oxygen atoms in total. The number of anilines is 1. The Balaban J connectivity index is 1.88. The van der Waals surface area contributed by atoms with E-state index in [1.54, 1.807) is 6.08 Å². The first-order valence-corrected chi connectivity index (χ1v) is 9.23. The monoisotopic (exact) mass is 417 g/mol. The van der Waals surface area contributed by atoms with Crippen LogP contribution in [0, 0.1) is 0 Å². The van der Waals surface area contributed by atoms with Crippen molar-refractivity contribution >= 4 is 63.5 Å². The molecule has 8 heteroatoms. The average molecular weight is 418 g/mol. The molecule has 0 spiro atoms. The molecule has 0 saturated carbocycles. The number of halogens is 1. The summed E-state index contributed by atoms with van der Waals surface area (Å²) in [5.74, 6) is -2.10. The molecule has 0 atom stereocenters. The first-order valence-electron chi connectivity index (χ1n) is 7.63. The SMILES string of the molecule is O=C(O)c1ccc(N2C(=O)/C(=C/C(Cl)=C/c3ccccc3)SC2=S)cc1O. The van der Waals surface area contributed by atoms with Crippen LogP contribution < -0.4 is 4.90 Å². The number of carbonyl (C=O) groups is 2. The summed E-state index contributed by atoms with van der Waals surface area (Å²) in [6.45, 7) is 0. The number of carbonyl (C=O) groups excluding carboxylic acids is 1. The first kappa shape index (κ1) is 19.2. The summed E-state index contributed by atoms with van der Waals surface area (Å²) in [4.78, 5) is 25.3. The highest BCUT2D eigenvalue weighted by molar-refractivity contribution is 8.27. The van der Waals surface area contributed by atoms with E-state index in [2.05, 4.69) is 0 Å². The summed E-state index contributed by atoms with van der Waals surface area (Å²) < 4.78 is 0.262. The van der Waals surface area contributed by atoms with Crippen molar-refractivity contribution in [2.75, 3.05) is 4.90 Å². The van der Waals surface area contributed by atoms with Crippen LogP contribution in [0.2, 0.25) is 0 Å². The Morgan fingerprint density at radius 3 is 2.52 bits per heavy atom. The molecular weight excluding hydrogens is 406 g/mol. The molecule has 3 rings (SSSR count). The van der Waals surface area contributed by atoms with Gasteiger partial charge in [-0.05, 0) is 29.8 Å². The number of allylic oxidation sites excluding steroid dienone is 2. The number of nitrogens with zero attached hydrogens (tertiary/aromatic N) is 1. The van der Waals surface area contributed by atoms with Crippen LogP contribution in [0.3, 0.4) is 0 Å². The second-order valence-corrected chi connectivity index (χ2v) is 7.58. The molecule has 0 unspecified atom stereocenters. The minimum atomic E-state index is -1.26. The standard InChI is InChI=1S/C19H12ClNO4S2/c20-12(8-11-4-2-1-3-5-11)9-16-17(23)21(19(26)27-16)13-6-7-14(18(24)25)15(22)10-13/h1-10,22H,(H,24,25)/b12-8-,16-9-. The van der Waals surface area contributed by atoms with E-state index in [0.717, 1.165) is 17.3 Å². The number of hydrogen-bond acceptors (Lipinski definition) is 5. The van der Waals surface area contributed by atoms with Crippen LogP contribution in [-0.2, 0) is 4.79 Å². The molecule has 0 aromatic heterocycles. The molecule has 1 saturated heterocycles. The van der Waals surface area contributed by atoms with Crippen LogP contribution in [0.1, 0.15) is 15.9 Å². The summed E-state index contributed by atoms with van der Waals surface area (Å²) in [5.41, 5.74) is 0.920. The van der Waals surface area contributed by atoms with Crippen molar-refractivity contribution < 1.29 is 19.8 Å². The van der Waals surface area contributed by atoms with Gasteiger partial charge in [0, 0.05) is 11.1 Å². The summed E-state index contributed by atoms with van der Waals surface area (Å²) in [5, 5.41) is 19.2. The third kappa shape index (κ3) is 4.21. The van der Waals surface area contributed by atoms with E-state index >= 15 is 0 Å². The van der Waals surface area contributed by atoms with Gasteiger partial charge in [-0.2, -0.15) is 0 Å². The number of thiocarbonyl (C=S) groups is 1. The number of phenols is 1. The fourth-order valence-corrected chi connectivity index (χ4v) is 4.00. The molecule has 0 radical (unpaired) electrons. The quantitative estimate of drug-likeness (QED) is 0.558. The number of aromatic carboxylic acids is 1. The topological polar surface area (TPSA) is 77.8 Å². The molecular formula is C19H12ClNO4S2. The highest BCUT2D eigenvalue weighted by Gasteiger charge is 2.34.